The second-order valence-corrected chi connectivity index (χ2v) is 7.02. The van der Waals surface area contributed by atoms with Gasteiger partial charge >= 0.3 is 0 Å². The maximum atomic E-state index is 5.90. The normalized spacial score (nSPS) is 21.9. The quantitative estimate of drug-likeness (QED) is 0.663. The first-order chi connectivity index (χ1) is 9.41. The molecule has 1 unspecified atom stereocenters. The SMILES string of the molecule is CC1(C)C(C(NN)c2cncc3ccccc23)C1(C)C. The zero-order chi connectivity index (χ0) is 14.5. The van der Waals surface area contributed by atoms with Crippen LogP contribution in [-0.2, 0) is 0 Å². The zero-order valence-corrected chi connectivity index (χ0v) is 12.6. The van der Waals surface area contributed by atoms with E-state index in [1.165, 1.54) is 16.3 Å². The molecule has 20 heavy (non-hydrogen) atoms. The van der Waals surface area contributed by atoms with Gasteiger partial charge in [-0.1, -0.05) is 52.0 Å². The first kappa shape index (κ1) is 13.5. The van der Waals surface area contributed by atoms with E-state index in [4.69, 9.17) is 5.84 Å². The molecule has 1 heterocycles. The van der Waals surface area contributed by atoms with Gasteiger partial charge in [0.2, 0.25) is 0 Å². The predicted octanol–water partition coefficient (Wildman–Crippen LogP) is 3.42. The van der Waals surface area contributed by atoms with Crippen molar-refractivity contribution in [3.63, 3.8) is 0 Å². The van der Waals surface area contributed by atoms with Gasteiger partial charge in [-0.2, -0.15) is 0 Å². The molecule has 1 aliphatic carbocycles. The van der Waals surface area contributed by atoms with Gasteiger partial charge in [0.25, 0.3) is 0 Å². The third-order valence-electron chi connectivity index (χ3n) is 5.68. The lowest BCUT2D eigenvalue weighted by Gasteiger charge is -2.20. The fourth-order valence-electron chi connectivity index (χ4n) is 3.83. The maximum absolute atomic E-state index is 5.90. The van der Waals surface area contributed by atoms with Crippen LogP contribution < -0.4 is 11.3 Å². The Morgan fingerprint density at radius 2 is 1.75 bits per heavy atom. The monoisotopic (exact) mass is 269 g/mol. The summed E-state index contributed by atoms with van der Waals surface area (Å²) in [4.78, 5) is 4.39. The molecule has 1 aromatic heterocycles. The number of hydrogen-bond acceptors (Lipinski definition) is 3. The Balaban J connectivity index is 2.10. The van der Waals surface area contributed by atoms with E-state index >= 15 is 0 Å². The molecule has 1 fully saturated rings. The molecule has 1 aliphatic rings. The summed E-state index contributed by atoms with van der Waals surface area (Å²) in [6, 6.07) is 8.51. The number of aromatic nitrogens is 1. The molecule has 3 N–H and O–H groups in total. The van der Waals surface area contributed by atoms with Crippen LogP contribution in [0.15, 0.2) is 36.7 Å². The summed E-state index contributed by atoms with van der Waals surface area (Å²) in [5.74, 6) is 6.41. The highest BCUT2D eigenvalue weighted by atomic mass is 15.2. The molecular weight excluding hydrogens is 246 g/mol. The number of hydrazine groups is 1. The van der Waals surface area contributed by atoms with Crippen LogP contribution in [0.5, 0.6) is 0 Å². The number of benzene rings is 1. The maximum Gasteiger partial charge on any atom is 0.0520 e. The van der Waals surface area contributed by atoms with Gasteiger partial charge < -0.3 is 0 Å². The average molecular weight is 269 g/mol. The molecule has 2 aromatic rings. The Morgan fingerprint density at radius 1 is 1.10 bits per heavy atom. The average Bonchev–Trinajstić information content (AvgIpc) is 2.83. The van der Waals surface area contributed by atoms with Crippen molar-refractivity contribution >= 4 is 10.8 Å². The van der Waals surface area contributed by atoms with Gasteiger partial charge in [-0.15, -0.1) is 0 Å². The summed E-state index contributed by atoms with van der Waals surface area (Å²) in [6.07, 6.45) is 3.87. The van der Waals surface area contributed by atoms with Gasteiger partial charge in [0.1, 0.15) is 0 Å². The van der Waals surface area contributed by atoms with Crippen LogP contribution in [0.4, 0.5) is 0 Å². The fourth-order valence-corrected chi connectivity index (χ4v) is 3.83. The van der Waals surface area contributed by atoms with Crippen LogP contribution in [0.2, 0.25) is 0 Å². The Morgan fingerprint density at radius 3 is 2.35 bits per heavy atom. The van der Waals surface area contributed by atoms with Crippen LogP contribution in [0.25, 0.3) is 10.8 Å². The molecule has 1 atom stereocenters. The summed E-state index contributed by atoms with van der Waals surface area (Å²) in [6.45, 7) is 9.28. The summed E-state index contributed by atoms with van der Waals surface area (Å²) in [7, 11) is 0. The molecule has 0 saturated heterocycles. The van der Waals surface area contributed by atoms with Crippen molar-refractivity contribution < 1.29 is 0 Å². The van der Waals surface area contributed by atoms with E-state index in [0.29, 0.717) is 5.92 Å². The van der Waals surface area contributed by atoms with E-state index in [9.17, 15) is 0 Å². The summed E-state index contributed by atoms with van der Waals surface area (Å²) < 4.78 is 0. The van der Waals surface area contributed by atoms with E-state index in [-0.39, 0.29) is 16.9 Å². The molecule has 106 valence electrons. The number of rotatable bonds is 3. The van der Waals surface area contributed by atoms with Crippen molar-refractivity contribution in [2.45, 2.75) is 33.7 Å². The van der Waals surface area contributed by atoms with Crippen molar-refractivity contribution in [2.24, 2.45) is 22.6 Å². The molecule has 1 saturated carbocycles. The third-order valence-corrected chi connectivity index (χ3v) is 5.68. The van der Waals surface area contributed by atoms with Crippen molar-refractivity contribution in [1.29, 1.82) is 0 Å². The smallest absolute Gasteiger partial charge is 0.0520 e. The van der Waals surface area contributed by atoms with Gasteiger partial charge in [-0.05, 0) is 27.7 Å². The molecule has 0 radical (unpaired) electrons. The topological polar surface area (TPSA) is 50.9 Å². The second kappa shape index (κ2) is 4.27. The number of pyridine rings is 1. The highest BCUT2D eigenvalue weighted by molar-refractivity contribution is 5.85. The first-order valence-corrected chi connectivity index (χ1v) is 7.20. The highest BCUT2D eigenvalue weighted by Gasteiger charge is 2.67. The van der Waals surface area contributed by atoms with Crippen molar-refractivity contribution in [1.82, 2.24) is 10.4 Å². The lowest BCUT2D eigenvalue weighted by atomic mass is 9.94. The number of hydrogen-bond donors (Lipinski definition) is 2. The molecule has 0 aliphatic heterocycles. The van der Waals surface area contributed by atoms with Crippen molar-refractivity contribution in [3.8, 4) is 0 Å². The Labute approximate surface area is 120 Å². The van der Waals surface area contributed by atoms with E-state index in [1.54, 1.807) is 0 Å². The summed E-state index contributed by atoms with van der Waals surface area (Å²) in [5, 5.41) is 2.41. The van der Waals surface area contributed by atoms with Crippen molar-refractivity contribution in [3.05, 3.63) is 42.2 Å². The molecule has 0 spiro atoms. The van der Waals surface area contributed by atoms with Gasteiger partial charge in [0.05, 0.1) is 6.04 Å². The molecule has 3 heteroatoms. The van der Waals surface area contributed by atoms with Crippen LogP contribution in [0, 0.1) is 16.7 Å². The number of nitrogens with one attached hydrogen (secondary N) is 1. The molecule has 1 aromatic carbocycles. The Bertz CT molecular complexity index is 626. The molecule has 0 amide bonds. The van der Waals surface area contributed by atoms with Crippen molar-refractivity contribution in [2.75, 3.05) is 0 Å². The van der Waals surface area contributed by atoms with Crippen LogP contribution >= 0.6 is 0 Å². The van der Waals surface area contributed by atoms with Gasteiger partial charge in [-0.3, -0.25) is 16.3 Å². The van der Waals surface area contributed by atoms with Crippen LogP contribution in [0.3, 0.4) is 0 Å². The molecule has 3 rings (SSSR count). The van der Waals surface area contributed by atoms with Crippen LogP contribution in [-0.4, -0.2) is 4.98 Å². The van der Waals surface area contributed by atoms with Crippen LogP contribution in [0.1, 0.15) is 39.3 Å². The van der Waals surface area contributed by atoms with Gasteiger partial charge in [0, 0.05) is 17.8 Å². The van der Waals surface area contributed by atoms with E-state index in [1.807, 2.05) is 18.5 Å². The van der Waals surface area contributed by atoms with E-state index in [0.717, 1.165) is 0 Å². The minimum absolute atomic E-state index is 0.138. The number of fused-ring (bicyclic) bond motifs is 1. The van der Waals surface area contributed by atoms with Gasteiger partial charge in [0.15, 0.2) is 0 Å². The largest absolute Gasteiger partial charge is 0.271 e. The molecule has 0 bridgehead atoms. The lowest BCUT2D eigenvalue weighted by molar-refractivity contribution is 0.419. The minimum atomic E-state index is 0.138. The summed E-state index contributed by atoms with van der Waals surface area (Å²) >= 11 is 0. The Hall–Kier alpha value is -1.45. The number of nitrogens with zero attached hydrogens (tertiary/aromatic N) is 1. The summed E-state index contributed by atoms with van der Waals surface area (Å²) in [5.41, 5.74) is 4.80. The third kappa shape index (κ3) is 1.70. The first-order valence-electron chi connectivity index (χ1n) is 7.20. The molecular formula is C17H23N3. The highest BCUT2D eigenvalue weighted by Crippen LogP contribution is 2.72. The van der Waals surface area contributed by atoms with Gasteiger partial charge in [-0.25, -0.2) is 0 Å². The zero-order valence-electron chi connectivity index (χ0n) is 12.6. The molecule has 3 nitrogen and oxygen atoms in total. The van der Waals surface area contributed by atoms with E-state index in [2.05, 4.69) is 56.3 Å². The fraction of sp³-hybridized carbons (Fsp3) is 0.471. The minimum Gasteiger partial charge on any atom is -0.271 e. The second-order valence-electron chi connectivity index (χ2n) is 7.02. The Kier molecular flexibility index (Phi) is 2.89. The van der Waals surface area contributed by atoms with E-state index < -0.39 is 0 Å². The predicted molar refractivity (Wildman–Crippen MR) is 82.9 cm³/mol. The standard InChI is InChI=1S/C17H23N3/c1-16(2)15(17(16,3)4)14(20-18)13-10-19-9-11-7-5-6-8-12(11)13/h5-10,14-15,20H,18H2,1-4H3. The lowest BCUT2D eigenvalue weighted by Crippen LogP contribution is -2.31. The number of nitrogens with two attached hydrogens (primary N) is 1.